The van der Waals surface area contributed by atoms with Gasteiger partial charge in [-0.2, -0.15) is 0 Å². The Bertz CT molecular complexity index is 721. The number of methoxy groups -OCH3 is 1. The fourth-order valence-electron chi connectivity index (χ4n) is 2.23. The first kappa shape index (κ1) is 16.5. The number of carbonyl (C=O) groups is 2. The van der Waals surface area contributed by atoms with Crippen molar-refractivity contribution in [3.05, 3.63) is 40.8 Å². The van der Waals surface area contributed by atoms with Crippen molar-refractivity contribution in [3.8, 4) is 12.3 Å². The molecule has 1 aromatic rings. The first-order chi connectivity index (χ1) is 11.0. The number of amides is 1. The maximum atomic E-state index is 13.2. The van der Waals surface area contributed by atoms with Gasteiger partial charge in [-0.1, -0.05) is 5.92 Å². The molecule has 0 radical (unpaired) electrons. The Labute approximate surface area is 132 Å². The van der Waals surface area contributed by atoms with Crippen LogP contribution in [0.3, 0.4) is 0 Å². The van der Waals surface area contributed by atoms with Crippen LogP contribution in [0.4, 0.5) is 10.1 Å². The number of ether oxygens (including phenoxy) is 1. The van der Waals surface area contributed by atoms with Crippen molar-refractivity contribution in [2.75, 3.05) is 32.1 Å². The number of hydrogen-bond donors (Lipinski definition) is 2. The molecular formula is C16H15FN2O4. The molecule has 0 spiro atoms. The SMILES string of the molecule is C#Cc1cc(F)ccc1NC1=C(C(=O)OC)CN(CCO)C1=O. The number of benzene rings is 1. The molecule has 1 aliphatic rings. The van der Waals surface area contributed by atoms with Gasteiger partial charge in [-0.25, -0.2) is 9.18 Å². The minimum Gasteiger partial charge on any atom is -0.466 e. The van der Waals surface area contributed by atoms with Gasteiger partial charge in [0.05, 0.1) is 37.1 Å². The highest BCUT2D eigenvalue weighted by atomic mass is 19.1. The molecule has 0 fully saturated rings. The quantitative estimate of drug-likeness (QED) is 0.610. The fourth-order valence-corrected chi connectivity index (χ4v) is 2.23. The van der Waals surface area contributed by atoms with Gasteiger partial charge in [-0.15, -0.1) is 6.42 Å². The number of halogens is 1. The normalized spacial score (nSPS) is 14.0. The van der Waals surface area contributed by atoms with E-state index in [1.54, 1.807) is 0 Å². The Hall–Kier alpha value is -2.85. The zero-order chi connectivity index (χ0) is 17.0. The van der Waals surface area contributed by atoms with Gasteiger partial charge in [0, 0.05) is 6.54 Å². The highest BCUT2D eigenvalue weighted by molar-refractivity contribution is 6.08. The molecule has 2 N–H and O–H groups in total. The third-order valence-electron chi connectivity index (χ3n) is 3.35. The summed E-state index contributed by atoms with van der Waals surface area (Å²) in [6.07, 6.45) is 5.33. The molecule has 1 aliphatic heterocycles. The highest BCUT2D eigenvalue weighted by Gasteiger charge is 2.34. The van der Waals surface area contributed by atoms with Crippen LogP contribution in [0.25, 0.3) is 0 Å². The largest absolute Gasteiger partial charge is 0.466 e. The highest BCUT2D eigenvalue weighted by Crippen LogP contribution is 2.25. The molecule has 2 rings (SSSR count). The van der Waals surface area contributed by atoms with Gasteiger partial charge in [0.15, 0.2) is 0 Å². The van der Waals surface area contributed by atoms with Crippen LogP contribution >= 0.6 is 0 Å². The number of β-amino-alcohol motifs (C(OH)–C–C–N with tert-alkyl or cyclic N) is 1. The van der Waals surface area contributed by atoms with Crippen LogP contribution in [0.2, 0.25) is 0 Å². The first-order valence-electron chi connectivity index (χ1n) is 6.76. The molecule has 0 atom stereocenters. The molecular weight excluding hydrogens is 303 g/mol. The minimum absolute atomic E-state index is 0.00779. The number of nitrogens with one attached hydrogen (secondary N) is 1. The lowest BCUT2D eigenvalue weighted by Gasteiger charge is -2.15. The average Bonchev–Trinajstić information content (AvgIpc) is 2.85. The molecule has 7 heteroatoms. The van der Waals surface area contributed by atoms with E-state index in [0.29, 0.717) is 5.69 Å². The number of hydrogen-bond acceptors (Lipinski definition) is 5. The molecule has 23 heavy (non-hydrogen) atoms. The number of aliphatic hydroxyl groups excluding tert-OH is 1. The summed E-state index contributed by atoms with van der Waals surface area (Å²) in [6, 6.07) is 3.71. The molecule has 0 bridgehead atoms. The van der Waals surface area contributed by atoms with E-state index in [1.165, 1.54) is 24.1 Å². The second kappa shape index (κ2) is 6.94. The van der Waals surface area contributed by atoms with Crippen LogP contribution in [0.15, 0.2) is 29.5 Å². The predicted octanol–water partition coefficient (Wildman–Crippen LogP) is 0.480. The molecule has 0 aromatic heterocycles. The Morgan fingerprint density at radius 2 is 2.30 bits per heavy atom. The first-order valence-corrected chi connectivity index (χ1v) is 6.76. The average molecular weight is 318 g/mol. The van der Waals surface area contributed by atoms with Gasteiger partial charge in [-0.3, -0.25) is 4.79 Å². The number of aliphatic hydroxyl groups is 1. The Morgan fingerprint density at radius 3 is 2.91 bits per heavy atom. The summed E-state index contributed by atoms with van der Waals surface area (Å²) in [5.41, 5.74) is 0.672. The molecule has 1 heterocycles. The Balaban J connectivity index is 2.39. The summed E-state index contributed by atoms with van der Waals surface area (Å²) in [7, 11) is 1.21. The van der Waals surface area contributed by atoms with E-state index in [0.717, 1.165) is 6.07 Å². The van der Waals surface area contributed by atoms with E-state index >= 15 is 0 Å². The van der Waals surface area contributed by atoms with Gasteiger partial charge in [-0.05, 0) is 18.2 Å². The maximum Gasteiger partial charge on any atom is 0.337 e. The lowest BCUT2D eigenvalue weighted by atomic mass is 10.1. The zero-order valence-electron chi connectivity index (χ0n) is 12.4. The minimum atomic E-state index is -0.661. The number of rotatable bonds is 5. The predicted molar refractivity (Wildman–Crippen MR) is 80.7 cm³/mol. The summed E-state index contributed by atoms with van der Waals surface area (Å²) >= 11 is 0. The van der Waals surface area contributed by atoms with E-state index in [4.69, 9.17) is 11.5 Å². The van der Waals surface area contributed by atoms with Gasteiger partial charge < -0.3 is 20.1 Å². The molecule has 0 saturated carbocycles. The van der Waals surface area contributed by atoms with Crippen LogP contribution < -0.4 is 5.32 Å². The number of anilines is 1. The summed E-state index contributed by atoms with van der Waals surface area (Å²) in [6.45, 7) is -0.142. The van der Waals surface area contributed by atoms with E-state index in [9.17, 15) is 14.0 Å². The molecule has 1 amide bonds. The molecule has 0 unspecified atom stereocenters. The maximum absolute atomic E-state index is 13.2. The van der Waals surface area contributed by atoms with Crippen LogP contribution in [0.5, 0.6) is 0 Å². The van der Waals surface area contributed by atoms with Crippen LogP contribution in [-0.2, 0) is 14.3 Å². The number of esters is 1. The van der Waals surface area contributed by atoms with Crippen molar-refractivity contribution in [1.82, 2.24) is 4.90 Å². The van der Waals surface area contributed by atoms with E-state index < -0.39 is 17.7 Å². The molecule has 0 saturated heterocycles. The molecule has 120 valence electrons. The fraction of sp³-hybridized carbons (Fsp3) is 0.250. The van der Waals surface area contributed by atoms with Gasteiger partial charge in [0.2, 0.25) is 0 Å². The van der Waals surface area contributed by atoms with E-state index in [-0.39, 0.29) is 36.5 Å². The van der Waals surface area contributed by atoms with Crippen molar-refractivity contribution >= 4 is 17.6 Å². The molecule has 1 aromatic carbocycles. The van der Waals surface area contributed by atoms with Crippen molar-refractivity contribution in [1.29, 1.82) is 0 Å². The third kappa shape index (κ3) is 3.33. The molecule has 6 nitrogen and oxygen atoms in total. The van der Waals surface area contributed by atoms with Crippen LogP contribution in [0.1, 0.15) is 5.56 Å². The van der Waals surface area contributed by atoms with Crippen LogP contribution in [-0.4, -0.2) is 48.7 Å². The van der Waals surface area contributed by atoms with Crippen molar-refractivity contribution in [2.45, 2.75) is 0 Å². The lowest BCUT2D eigenvalue weighted by molar-refractivity contribution is -0.136. The second-order valence-electron chi connectivity index (χ2n) is 4.75. The standard InChI is InChI=1S/C16H15FN2O4/c1-3-10-8-11(17)4-5-13(10)18-14-12(16(22)23-2)9-19(6-7-20)15(14)21/h1,4-5,8,18,20H,6-7,9H2,2H3. The van der Waals surface area contributed by atoms with Crippen molar-refractivity contribution < 1.29 is 23.8 Å². The van der Waals surface area contributed by atoms with Gasteiger partial charge in [0.25, 0.3) is 5.91 Å². The van der Waals surface area contributed by atoms with Crippen molar-refractivity contribution in [3.63, 3.8) is 0 Å². The smallest absolute Gasteiger partial charge is 0.337 e. The monoisotopic (exact) mass is 318 g/mol. The van der Waals surface area contributed by atoms with Crippen LogP contribution in [0, 0.1) is 18.2 Å². The number of carbonyl (C=O) groups excluding carboxylic acids is 2. The second-order valence-corrected chi connectivity index (χ2v) is 4.75. The number of terminal acetylenes is 1. The third-order valence-corrected chi connectivity index (χ3v) is 3.35. The zero-order valence-corrected chi connectivity index (χ0v) is 12.4. The van der Waals surface area contributed by atoms with Gasteiger partial charge in [0.1, 0.15) is 11.5 Å². The summed E-state index contributed by atoms with van der Waals surface area (Å²) < 4.78 is 17.9. The Kier molecular flexibility index (Phi) is 4.98. The summed E-state index contributed by atoms with van der Waals surface area (Å²) in [5.74, 6) is 0.677. The van der Waals surface area contributed by atoms with E-state index in [1.807, 2.05) is 0 Å². The topological polar surface area (TPSA) is 78.9 Å². The van der Waals surface area contributed by atoms with Gasteiger partial charge >= 0.3 is 5.97 Å². The number of nitrogens with zero attached hydrogens (tertiary/aromatic N) is 1. The summed E-state index contributed by atoms with van der Waals surface area (Å²) in [5, 5.41) is 11.8. The van der Waals surface area contributed by atoms with E-state index in [2.05, 4.69) is 16.0 Å². The summed E-state index contributed by atoms with van der Waals surface area (Å²) in [4.78, 5) is 25.5. The lowest BCUT2D eigenvalue weighted by Crippen LogP contribution is -2.31. The Morgan fingerprint density at radius 1 is 1.57 bits per heavy atom. The van der Waals surface area contributed by atoms with Crippen molar-refractivity contribution in [2.24, 2.45) is 0 Å². The molecule has 0 aliphatic carbocycles.